The first kappa shape index (κ1) is 18.8. The summed E-state index contributed by atoms with van der Waals surface area (Å²) in [6.07, 6.45) is 0.642. The number of hydrogen-bond acceptors (Lipinski definition) is 4. The zero-order valence-electron chi connectivity index (χ0n) is 14.6. The van der Waals surface area contributed by atoms with E-state index in [2.05, 4.69) is 36.5 Å². The highest BCUT2D eigenvalue weighted by Gasteiger charge is 2.28. The van der Waals surface area contributed by atoms with Gasteiger partial charge in [0.25, 0.3) is 5.91 Å². The Morgan fingerprint density at radius 2 is 1.81 bits per heavy atom. The zero-order valence-corrected chi connectivity index (χ0v) is 16.3. The fraction of sp³-hybridized carbons (Fsp3) is 0.316. The number of nitrogens with zero attached hydrogens (tertiary/aromatic N) is 1. The molecule has 7 heteroatoms. The van der Waals surface area contributed by atoms with Crippen LogP contribution in [0.3, 0.4) is 0 Å². The standard InChI is InChI=1S/C19H22N2O3S2/c1-15-3-9-18(10-4-15)25-13-11-20-19(22)16-5-7-17(8-6-16)21-12-2-14-26(21,23)24/h3-10H,2,11-14H2,1H3,(H,20,22). The number of carbonyl (C=O) groups is 1. The Kier molecular flexibility index (Phi) is 5.88. The Balaban J connectivity index is 1.49. The Morgan fingerprint density at radius 3 is 2.42 bits per heavy atom. The lowest BCUT2D eigenvalue weighted by atomic mass is 10.2. The van der Waals surface area contributed by atoms with Gasteiger partial charge < -0.3 is 5.32 Å². The summed E-state index contributed by atoms with van der Waals surface area (Å²) in [7, 11) is -3.19. The maximum atomic E-state index is 12.2. The lowest BCUT2D eigenvalue weighted by molar-refractivity contribution is 0.0956. The molecule has 138 valence electrons. The Labute approximate surface area is 158 Å². The molecular formula is C19H22N2O3S2. The number of thioether (sulfide) groups is 1. The van der Waals surface area contributed by atoms with E-state index in [9.17, 15) is 13.2 Å². The number of aryl methyl sites for hydroxylation is 1. The van der Waals surface area contributed by atoms with E-state index >= 15 is 0 Å². The fourth-order valence-corrected chi connectivity index (χ4v) is 5.11. The van der Waals surface area contributed by atoms with E-state index in [1.165, 1.54) is 14.8 Å². The van der Waals surface area contributed by atoms with E-state index in [1.54, 1.807) is 36.0 Å². The third-order valence-corrected chi connectivity index (χ3v) is 7.08. The predicted octanol–water partition coefficient (Wildman–Crippen LogP) is 3.06. The van der Waals surface area contributed by atoms with Crippen molar-refractivity contribution in [1.82, 2.24) is 5.32 Å². The van der Waals surface area contributed by atoms with Gasteiger partial charge >= 0.3 is 0 Å². The summed E-state index contributed by atoms with van der Waals surface area (Å²) < 4.78 is 25.3. The molecular weight excluding hydrogens is 368 g/mol. The number of carbonyl (C=O) groups excluding carboxylic acids is 1. The molecule has 0 aromatic heterocycles. The van der Waals surface area contributed by atoms with Gasteiger partial charge in [0.2, 0.25) is 10.0 Å². The van der Waals surface area contributed by atoms with E-state index in [0.29, 0.717) is 30.8 Å². The van der Waals surface area contributed by atoms with Gasteiger partial charge in [0.1, 0.15) is 0 Å². The zero-order chi connectivity index (χ0) is 18.6. The quantitative estimate of drug-likeness (QED) is 0.608. The molecule has 3 rings (SSSR count). The summed E-state index contributed by atoms with van der Waals surface area (Å²) in [5, 5.41) is 2.89. The van der Waals surface area contributed by atoms with Crippen LogP contribution in [0.2, 0.25) is 0 Å². The molecule has 1 aliphatic heterocycles. The number of anilines is 1. The molecule has 26 heavy (non-hydrogen) atoms. The summed E-state index contributed by atoms with van der Waals surface area (Å²) in [6.45, 7) is 3.13. The highest BCUT2D eigenvalue weighted by molar-refractivity contribution is 7.99. The van der Waals surface area contributed by atoms with Crippen molar-refractivity contribution < 1.29 is 13.2 Å². The molecule has 5 nitrogen and oxygen atoms in total. The molecule has 2 aromatic carbocycles. The topological polar surface area (TPSA) is 66.5 Å². The van der Waals surface area contributed by atoms with Crippen molar-refractivity contribution in [2.75, 3.05) is 28.9 Å². The third-order valence-electron chi connectivity index (χ3n) is 4.19. The summed E-state index contributed by atoms with van der Waals surface area (Å²) in [4.78, 5) is 13.4. The Bertz CT molecular complexity index is 863. The number of hydrogen-bond donors (Lipinski definition) is 1. The van der Waals surface area contributed by atoms with E-state index < -0.39 is 10.0 Å². The first-order chi connectivity index (χ1) is 12.5. The SMILES string of the molecule is Cc1ccc(SCCNC(=O)c2ccc(N3CCCS3(=O)=O)cc2)cc1. The van der Waals surface area contributed by atoms with Gasteiger partial charge in [0.05, 0.1) is 11.4 Å². The highest BCUT2D eigenvalue weighted by Crippen LogP contribution is 2.24. The van der Waals surface area contributed by atoms with E-state index in [1.807, 2.05) is 0 Å². The first-order valence-electron chi connectivity index (χ1n) is 8.54. The summed E-state index contributed by atoms with van der Waals surface area (Å²) >= 11 is 1.70. The Morgan fingerprint density at radius 1 is 1.12 bits per heavy atom. The molecule has 1 amide bonds. The van der Waals surface area contributed by atoms with Crippen LogP contribution in [0.15, 0.2) is 53.4 Å². The number of nitrogens with one attached hydrogen (secondary N) is 1. The van der Waals surface area contributed by atoms with Gasteiger partial charge in [-0.15, -0.1) is 11.8 Å². The van der Waals surface area contributed by atoms with Crippen molar-refractivity contribution >= 4 is 33.4 Å². The van der Waals surface area contributed by atoms with Crippen molar-refractivity contribution in [2.45, 2.75) is 18.2 Å². The van der Waals surface area contributed by atoms with Gasteiger partial charge in [0.15, 0.2) is 0 Å². The molecule has 0 aliphatic carbocycles. The molecule has 2 aromatic rings. The smallest absolute Gasteiger partial charge is 0.251 e. The van der Waals surface area contributed by atoms with E-state index in [0.717, 1.165) is 5.75 Å². The van der Waals surface area contributed by atoms with Gasteiger partial charge in [-0.2, -0.15) is 0 Å². The molecule has 1 N–H and O–H groups in total. The normalized spacial score (nSPS) is 15.8. The third kappa shape index (κ3) is 4.59. The maximum Gasteiger partial charge on any atom is 0.251 e. The second-order valence-corrected chi connectivity index (χ2v) is 9.39. The van der Waals surface area contributed by atoms with Crippen molar-refractivity contribution in [3.8, 4) is 0 Å². The monoisotopic (exact) mass is 390 g/mol. The van der Waals surface area contributed by atoms with Crippen LogP contribution in [-0.4, -0.2) is 38.9 Å². The van der Waals surface area contributed by atoms with Gasteiger partial charge in [-0.3, -0.25) is 9.10 Å². The summed E-state index contributed by atoms with van der Waals surface area (Å²) in [5.74, 6) is 0.831. The van der Waals surface area contributed by atoms with Crippen LogP contribution in [0, 0.1) is 6.92 Å². The number of amides is 1. The molecule has 0 bridgehead atoms. The van der Waals surface area contributed by atoms with Crippen molar-refractivity contribution in [3.05, 3.63) is 59.7 Å². The molecule has 1 heterocycles. The van der Waals surface area contributed by atoms with E-state index in [4.69, 9.17) is 0 Å². The molecule has 0 saturated carbocycles. The highest BCUT2D eigenvalue weighted by atomic mass is 32.2. The minimum atomic E-state index is -3.19. The molecule has 0 unspecified atom stereocenters. The molecule has 0 radical (unpaired) electrons. The van der Waals surface area contributed by atoms with Crippen LogP contribution in [0.25, 0.3) is 0 Å². The van der Waals surface area contributed by atoms with Crippen LogP contribution < -0.4 is 9.62 Å². The lowest BCUT2D eigenvalue weighted by Gasteiger charge is -2.17. The van der Waals surface area contributed by atoms with Gasteiger partial charge in [-0.1, -0.05) is 17.7 Å². The number of sulfonamides is 1. The van der Waals surface area contributed by atoms with Crippen LogP contribution in [0.1, 0.15) is 22.3 Å². The summed E-state index contributed by atoms with van der Waals surface area (Å²) in [5.41, 5.74) is 2.38. The minimum Gasteiger partial charge on any atom is -0.351 e. The second-order valence-electron chi connectivity index (χ2n) is 6.21. The fourth-order valence-electron chi connectivity index (χ4n) is 2.78. The van der Waals surface area contributed by atoms with Gasteiger partial charge in [-0.05, 0) is 49.7 Å². The largest absolute Gasteiger partial charge is 0.351 e. The predicted molar refractivity (Wildman–Crippen MR) is 106 cm³/mol. The first-order valence-corrected chi connectivity index (χ1v) is 11.1. The lowest BCUT2D eigenvalue weighted by Crippen LogP contribution is -2.26. The molecule has 0 atom stereocenters. The molecule has 1 fully saturated rings. The van der Waals surface area contributed by atoms with Crippen LogP contribution in [-0.2, 0) is 10.0 Å². The van der Waals surface area contributed by atoms with Crippen molar-refractivity contribution in [2.24, 2.45) is 0 Å². The van der Waals surface area contributed by atoms with Crippen LogP contribution in [0.4, 0.5) is 5.69 Å². The number of benzene rings is 2. The van der Waals surface area contributed by atoms with Gasteiger partial charge in [0, 0.05) is 29.3 Å². The van der Waals surface area contributed by atoms with Crippen molar-refractivity contribution in [3.63, 3.8) is 0 Å². The Hall–Kier alpha value is -1.99. The second kappa shape index (κ2) is 8.14. The van der Waals surface area contributed by atoms with Crippen molar-refractivity contribution in [1.29, 1.82) is 0 Å². The summed E-state index contributed by atoms with van der Waals surface area (Å²) in [6, 6.07) is 15.0. The average molecular weight is 391 g/mol. The average Bonchev–Trinajstić information content (AvgIpc) is 2.99. The molecule has 0 spiro atoms. The molecule has 1 saturated heterocycles. The van der Waals surface area contributed by atoms with Crippen LogP contribution in [0.5, 0.6) is 0 Å². The maximum absolute atomic E-state index is 12.2. The minimum absolute atomic E-state index is 0.148. The number of rotatable bonds is 6. The van der Waals surface area contributed by atoms with E-state index in [-0.39, 0.29) is 11.7 Å². The van der Waals surface area contributed by atoms with Gasteiger partial charge in [-0.25, -0.2) is 8.42 Å². The molecule has 1 aliphatic rings. The van der Waals surface area contributed by atoms with Crippen LogP contribution >= 0.6 is 11.8 Å².